The molecule has 0 aliphatic carbocycles. The first-order valence-electron chi connectivity index (χ1n) is 7.44. The molecule has 0 aliphatic rings. The third kappa shape index (κ3) is 4.27. The molecular formula is C17H12Cl3N3O2S. The Balaban J connectivity index is 2.17. The Morgan fingerprint density at radius 1 is 1.00 bits per heavy atom. The highest BCUT2D eigenvalue weighted by atomic mass is 35.6. The van der Waals surface area contributed by atoms with Crippen LogP contribution in [0, 0.1) is 0 Å². The maximum Gasteiger partial charge on any atom is 0.344 e. The second kappa shape index (κ2) is 7.80. The summed E-state index contributed by atoms with van der Waals surface area (Å²) in [4.78, 5) is 28.9. The van der Waals surface area contributed by atoms with Crippen molar-refractivity contribution in [2.24, 2.45) is 4.99 Å². The molecule has 3 rings (SSSR count). The smallest absolute Gasteiger partial charge is 0.267 e. The summed E-state index contributed by atoms with van der Waals surface area (Å²) in [6, 6.07) is 18.4. The van der Waals surface area contributed by atoms with Crippen LogP contribution < -0.4 is 10.5 Å². The topological polar surface area (TPSA) is 56.4 Å². The summed E-state index contributed by atoms with van der Waals surface area (Å²) in [5.74, 6) is -0.953. The van der Waals surface area contributed by atoms with Crippen molar-refractivity contribution in [3.05, 3.63) is 81.5 Å². The van der Waals surface area contributed by atoms with Gasteiger partial charge in [0, 0.05) is 0 Å². The van der Waals surface area contributed by atoms with Crippen LogP contribution in [0.1, 0.15) is 5.56 Å². The summed E-state index contributed by atoms with van der Waals surface area (Å²) in [5.41, 5.74) is 1.21. The second-order valence-electron chi connectivity index (χ2n) is 5.27. The zero-order chi connectivity index (χ0) is 18.7. The monoisotopic (exact) mass is 427 g/mol. The van der Waals surface area contributed by atoms with Crippen LogP contribution in [0.25, 0.3) is 5.69 Å². The summed E-state index contributed by atoms with van der Waals surface area (Å²) in [5, 5.41) is 0. The van der Waals surface area contributed by atoms with Gasteiger partial charge in [0.2, 0.25) is 4.80 Å². The summed E-state index contributed by atoms with van der Waals surface area (Å²) in [6.07, 6.45) is 0. The molecule has 134 valence electrons. The summed E-state index contributed by atoms with van der Waals surface area (Å²) in [7, 11) is 0. The number of hydrogen-bond donors (Lipinski definition) is 0. The van der Waals surface area contributed by atoms with Gasteiger partial charge < -0.3 is 0 Å². The minimum Gasteiger partial charge on any atom is -0.267 e. The molecule has 0 unspecified atom stereocenters. The molecule has 2 aromatic carbocycles. The van der Waals surface area contributed by atoms with E-state index in [9.17, 15) is 9.59 Å². The minimum atomic E-state index is -2.19. The average Bonchev–Trinajstić information content (AvgIpc) is 2.92. The largest absolute Gasteiger partial charge is 0.344 e. The zero-order valence-electron chi connectivity index (χ0n) is 13.2. The van der Waals surface area contributed by atoms with Crippen LogP contribution in [0.15, 0.2) is 70.5 Å². The predicted molar refractivity (Wildman–Crippen MR) is 104 cm³/mol. The van der Waals surface area contributed by atoms with E-state index >= 15 is 0 Å². The molecular weight excluding hydrogens is 417 g/mol. The van der Waals surface area contributed by atoms with Gasteiger partial charge in [0.25, 0.3) is 9.70 Å². The van der Waals surface area contributed by atoms with Gasteiger partial charge >= 0.3 is 5.69 Å². The number of alkyl halides is 3. The van der Waals surface area contributed by atoms with Gasteiger partial charge in [0.1, 0.15) is 0 Å². The summed E-state index contributed by atoms with van der Waals surface area (Å²) < 4.78 is 0.629. The number of amides is 1. The van der Waals surface area contributed by atoms with Crippen molar-refractivity contribution in [3.63, 3.8) is 0 Å². The van der Waals surface area contributed by atoms with Gasteiger partial charge in [-0.2, -0.15) is 4.99 Å². The molecule has 1 aromatic heterocycles. The lowest BCUT2D eigenvalue weighted by atomic mass is 10.2. The molecule has 1 amide bonds. The maximum absolute atomic E-state index is 12.9. The molecule has 0 fully saturated rings. The van der Waals surface area contributed by atoms with E-state index in [0.29, 0.717) is 5.69 Å². The number of hydrogen-bond acceptors (Lipinski definition) is 3. The van der Waals surface area contributed by atoms with Gasteiger partial charge in [-0.05, 0) is 29.2 Å². The number of halogens is 3. The Bertz CT molecular complexity index is 1030. The number of rotatable bonds is 3. The number of benzene rings is 2. The van der Waals surface area contributed by atoms with Crippen LogP contribution in [0.4, 0.5) is 0 Å². The molecule has 9 heteroatoms. The van der Waals surface area contributed by atoms with E-state index in [1.165, 1.54) is 8.52 Å². The van der Waals surface area contributed by atoms with Crippen molar-refractivity contribution in [1.82, 2.24) is 8.52 Å². The molecule has 0 bridgehead atoms. The number of aromatic nitrogens is 2. The lowest BCUT2D eigenvalue weighted by molar-refractivity contribution is -0.117. The second-order valence-corrected chi connectivity index (χ2v) is 8.47. The van der Waals surface area contributed by atoms with E-state index in [2.05, 4.69) is 4.99 Å². The van der Waals surface area contributed by atoms with E-state index in [-0.39, 0.29) is 17.0 Å². The highest BCUT2D eigenvalue weighted by Crippen LogP contribution is 2.27. The molecule has 26 heavy (non-hydrogen) atoms. The highest BCUT2D eigenvalue weighted by Gasteiger charge is 2.30. The van der Waals surface area contributed by atoms with Gasteiger partial charge in [-0.25, -0.2) is 8.75 Å². The normalized spacial score (nSPS) is 12.3. The summed E-state index contributed by atoms with van der Waals surface area (Å²) in [6.45, 7) is 0.238. The number of nitrogens with zero attached hydrogens (tertiary/aromatic N) is 3. The molecule has 0 spiro atoms. The van der Waals surface area contributed by atoms with Crippen LogP contribution in [0.2, 0.25) is 0 Å². The van der Waals surface area contributed by atoms with Crippen molar-refractivity contribution in [2.75, 3.05) is 0 Å². The molecule has 1 heterocycles. The number of carbonyl (C=O) groups excluding carboxylic acids is 1. The van der Waals surface area contributed by atoms with E-state index in [1.807, 2.05) is 48.5 Å². The Hall–Kier alpha value is -1.86. The first-order chi connectivity index (χ1) is 12.4. The SMILES string of the molecule is O=C(N=c1sn(-c2ccccc2)c(=O)n1Cc1ccccc1)C(Cl)(Cl)Cl. The van der Waals surface area contributed by atoms with Crippen LogP contribution in [-0.4, -0.2) is 18.2 Å². The molecule has 0 saturated heterocycles. The van der Waals surface area contributed by atoms with Crippen LogP contribution >= 0.6 is 46.3 Å². The van der Waals surface area contributed by atoms with E-state index in [1.54, 1.807) is 12.1 Å². The average molecular weight is 429 g/mol. The van der Waals surface area contributed by atoms with E-state index < -0.39 is 9.70 Å². The Kier molecular flexibility index (Phi) is 5.67. The number of carbonyl (C=O) groups is 1. The van der Waals surface area contributed by atoms with Gasteiger partial charge in [0.15, 0.2) is 0 Å². The first kappa shape index (κ1) is 18.9. The molecule has 3 aromatic rings. The fraction of sp³-hybridized carbons (Fsp3) is 0.118. The van der Waals surface area contributed by atoms with E-state index in [4.69, 9.17) is 34.8 Å². The van der Waals surface area contributed by atoms with Gasteiger partial charge in [-0.3, -0.25) is 9.36 Å². The summed E-state index contributed by atoms with van der Waals surface area (Å²) >= 11 is 17.8. The predicted octanol–water partition coefficient (Wildman–Crippen LogP) is 3.55. The van der Waals surface area contributed by atoms with Crippen LogP contribution in [0.3, 0.4) is 0 Å². The minimum absolute atomic E-state index is 0.152. The van der Waals surface area contributed by atoms with Crippen molar-refractivity contribution in [2.45, 2.75) is 10.3 Å². The van der Waals surface area contributed by atoms with Gasteiger partial charge in [-0.15, -0.1) is 0 Å². The standard InChI is InChI=1S/C17H12Cl3N3O2S/c18-17(19,20)14(24)21-15-22(11-12-7-3-1-4-8-12)16(25)23(26-15)13-9-5-2-6-10-13/h1-10H,11H2. The third-order valence-electron chi connectivity index (χ3n) is 3.42. The van der Waals surface area contributed by atoms with Crippen molar-refractivity contribution in [1.29, 1.82) is 0 Å². The molecule has 5 nitrogen and oxygen atoms in total. The quantitative estimate of drug-likeness (QED) is 0.599. The van der Waals surface area contributed by atoms with Crippen LogP contribution in [-0.2, 0) is 11.3 Å². The van der Waals surface area contributed by atoms with Crippen LogP contribution in [0.5, 0.6) is 0 Å². The zero-order valence-corrected chi connectivity index (χ0v) is 16.3. The molecule has 0 radical (unpaired) electrons. The lowest BCUT2D eigenvalue weighted by Gasteiger charge is -2.04. The highest BCUT2D eigenvalue weighted by molar-refractivity contribution is 7.03. The fourth-order valence-corrected chi connectivity index (χ4v) is 3.28. The Morgan fingerprint density at radius 2 is 1.58 bits per heavy atom. The van der Waals surface area contributed by atoms with Crippen molar-refractivity contribution in [3.8, 4) is 5.69 Å². The Labute approximate surface area is 167 Å². The first-order valence-corrected chi connectivity index (χ1v) is 9.35. The number of para-hydroxylation sites is 1. The van der Waals surface area contributed by atoms with Gasteiger partial charge in [0.05, 0.1) is 12.2 Å². The van der Waals surface area contributed by atoms with Crippen molar-refractivity contribution >= 4 is 52.2 Å². The van der Waals surface area contributed by atoms with E-state index in [0.717, 1.165) is 17.1 Å². The lowest BCUT2D eigenvalue weighted by Crippen LogP contribution is -2.31. The fourth-order valence-electron chi connectivity index (χ4n) is 2.22. The molecule has 0 saturated carbocycles. The maximum atomic E-state index is 12.9. The van der Waals surface area contributed by atoms with Crippen molar-refractivity contribution < 1.29 is 4.79 Å². The van der Waals surface area contributed by atoms with Gasteiger partial charge in [-0.1, -0.05) is 83.3 Å². The molecule has 0 N–H and O–H groups in total. The molecule has 0 aliphatic heterocycles. The Morgan fingerprint density at radius 3 is 2.15 bits per heavy atom. The third-order valence-corrected chi connectivity index (χ3v) is 4.93. The molecule has 0 atom stereocenters.